The molecule has 2 atom stereocenters. The van der Waals surface area contributed by atoms with Gasteiger partial charge in [-0.3, -0.25) is 43.9 Å². The van der Waals surface area contributed by atoms with E-state index in [9.17, 15) is 28.8 Å². The Balaban J connectivity index is 0.874. The molecule has 57 heavy (non-hydrogen) atoms. The fourth-order valence-corrected chi connectivity index (χ4v) is 9.32. The topological polar surface area (TPSA) is 156 Å². The summed E-state index contributed by atoms with van der Waals surface area (Å²) in [5.74, 6) is -3.66. The van der Waals surface area contributed by atoms with Gasteiger partial charge in [-0.05, 0) is 69.1 Å². The van der Waals surface area contributed by atoms with Gasteiger partial charge in [0.15, 0.2) is 0 Å². The van der Waals surface area contributed by atoms with Crippen LogP contribution in [0, 0.1) is 11.6 Å². The van der Waals surface area contributed by atoms with Crippen LogP contribution in [0.4, 0.5) is 26.0 Å². The van der Waals surface area contributed by atoms with Crippen molar-refractivity contribution < 1.29 is 37.5 Å². The first-order chi connectivity index (χ1) is 27.3. The molecule has 6 amide bonds. The highest BCUT2D eigenvalue weighted by molar-refractivity contribution is 6.32. The number of likely N-dealkylation sites (N-methyl/N-ethyl adjacent to an activating group) is 1. The van der Waals surface area contributed by atoms with Crippen molar-refractivity contribution in [3.8, 4) is 0 Å². The van der Waals surface area contributed by atoms with Gasteiger partial charge in [0.2, 0.25) is 23.6 Å². The van der Waals surface area contributed by atoms with E-state index in [4.69, 9.17) is 11.6 Å². The number of hydrogen-bond acceptors (Lipinski definition) is 10. The number of rotatable bonds is 8. The molecule has 3 saturated heterocycles. The molecule has 3 aromatic rings. The van der Waals surface area contributed by atoms with Gasteiger partial charge in [-0.2, -0.15) is 0 Å². The van der Waals surface area contributed by atoms with Crippen molar-refractivity contribution in [3.05, 3.63) is 81.5 Å². The predicted octanol–water partition coefficient (Wildman–Crippen LogP) is 3.31. The van der Waals surface area contributed by atoms with Crippen molar-refractivity contribution in [2.45, 2.75) is 56.5 Å². The second-order valence-corrected chi connectivity index (χ2v) is 15.7. The molecule has 8 rings (SSSR count). The number of amides is 6. The Kier molecular flexibility index (Phi) is 9.96. The van der Waals surface area contributed by atoms with Crippen LogP contribution in [0.1, 0.15) is 70.9 Å². The molecule has 0 bridgehead atoms. The fraction of sp³-hybridized carbons (Fsp3) is 0.425. The number of nitrogens with one attached hydrogen (secondary N) is 2. The van der Waals surface area contributed by atoms with E-state index in [1.165, 1.54) is 17.0 Å². The summed E-state index contributed by atoms with van der Waals surface area (Å²) in [5, 5.41) is 5.90. The Hall–Kier alpha value is -5.48. The molecule has 0 saturated carbocycles. The average Bonchev–Trinajstić information content (AvgIpc) is 3.70. The molecule has 2 N–H and O–H groups in total. The number of piperazine rings is 1. The Morgan fingerprint density at radius 2 is 1.70 bits per heavy atom. The lowest BCUT2D eigenvalue weighted by atomic mass is 9.74. The maximum Gasteiger partial charge on any atom is 0.262 e. The molecule has 5 aliphatic heterocycles. The molecular formula is C40H41ClF2N8O6. The molecule has 0 aliphatic carbocycles. The summed E-state index contributed by atoms with van der Waals surface area (Å²) < 4.78 is 31.0. The third kappa shape index (κ3) is 6.57. The molecule has 2 unspecified atom stereocenters. The second kappa shape index (κ2) is 14.8. The van der Waals surface area contributed by atoms with Crippen molar-refractivity contribution in [1.29, 1.82) is 0 Å². The van der Waals surface area contributed by atoms with Gasteiger partial charge < -0.3 is 20.0 Å². The lowest BCUT2D eigenvalue weighted by Crippen LogP contribution is -2.55. The number of anilines is 3. The van der Waals surface area contributed by atoms with Crippen molar-refractivity contribution in [2.24, 2.45) is 0 Å². The predicted molar refractivity (Wildman–Crippen MR) is 205 cm³/mol. The summed E-state index contributed by atoms with van der Waals surface area (Å²) in [6.07, 6.45) is 3.29. The van der Waals surface area contributed by atoms with E-state index >= 15 is 8.78 Å². The second-order valence-electron chi connectivity index (χ2n) is 15.3. The molecule has 6 heterocycles. The summed E-state index contributed by atoms with van der Waals surface area (Å²) in [5.41, 5.74) is 0.950. The minimum absolute atomic E-state index is 0.00108. The van der Waals surface area contributed by atoms with Gasteiger partial charge in [0, 0.05) is 78.6 Å². The van der Waals surface area contributed by atoms with Crippen LogP contribution in [0.2, 0.25) is 5.02 Å². The molecular weight excluding hydrogens is 762 g/mol. The van der Waals surface area contributed by atoms with Gasteiger partial charge in [0.1, 0.15) is 30.0 Å². The van der Waals surface area contributed by atoms with Gasteiger partial charge >= 0.3 is 0 Å². The highest BCUT2D eigenvalue weighted by atomic mass is 35.5. The summed E-state index contributed by atoms with van der Waals surface area (Å²) in [7, 11) is 1.83. The minimum Gasteiger partial charge on any atom is -0.369 e. The summed E-state index contributed by atoms with van der Waals surface area (Å²) >= 11 is 6.61. The molecule has 5 aliphatic rings. The highest BCUT2D eigenvalue weighted by Gasteiger charge is 2.46. The van der Waals surface area contributed by atoms with Gasteiger partial charge in [0.05, 0.1) is 23.4 Å². The van der Waals surface area contributed by atoms with Crippen molar-refractivity contribution in [2.75, 3.05) is 68.0 Å². The SMILES string of the molecule is CCC1(c2cc(N3CCN(C(=O)CN(C)C4CCN(c5cc6c(cc5F)C(=O)N(C5CCC(=O)NC5=O)C6=O)CC4)CC3=O)ccc2F)CNc2nccc(Cl)c21. The molecule has 14 nitrogen and oxygen atoms in total. The zero-order chi connectivity index (χ0) is 40.3. The molecule has 0 spiro atoms. The number of piperidine rings is 2. The van der Waals surface area contributed by atoms with Crippen LogP contribution in [0.15, 0.2) is 42.6 Å². The summed E-state index contributed by atoms with van der Waals surface area (Å²) in [6, 6.07) is 7.56. The number of benzene rings is 2. The third-order valence-electron chi connectivity index (χ3n) is 12.2. The quantitative estimate of drug-likeness (QED) is 0.325. The number of hydrogen-bond donors (Lipinski definition) is 2. The Labute approximate surface area is 332 Å². The van der Waals surface area contributed by atoms with Gasteiger partial charge in [-0.25, -0.2) is 13.8 Å². The van der Waals surface area contributed by atoms with E-state index in [1.807, 2.05) is 18.9 Å². The van der Waals surface area contributed by atoms with Crippen molar-refractivity contribution in [1.82, 2.24) is 25.0 Å². The maximum absolute atomic E-state index is 15.6. The number of pyridine rings is 1. The van der Waals surface area contributed by atoms with E-state index in [2.05, 4.69) is 15.6 Å². The first-order valence-electron chi connectivity index (χ1n) is 19.1. The molecule has 2 aromatic carbocycles. The Morgan fingerprint density at radius 3 is 2.40 bits per heavy atom. The van der Waals surface area contributed by atoms with Gasteiger partial charge in [-0.15, -0.1) is 0 Å². The van der Waals surface area contributed by atoms with Crippen LogP contribution in [0.3, 0.4) is 0 Å². The van der Waals surface area contributed by atoms with Crippen LogP contribution in [0.25, 0.3) is 0 Å². The van der Waals surface area contributed by atoms with E-state index in [1.54, 1.807) is 34.2 Å². The van der Waals surface area contributed by atoms with E-state index in [0.29, 0.717) is 67.5 Å². The monoisotopic (exact) mass is 802 g/mol. The van der Waals surface area contributed by atoms with Crippen LogP contribution in [0.5, 0.6) is 0 Å². The van der Waals surface area contributed by atoms with Gasteiger partial charge in [-0.1, -0.05) is 18.5 Å². The largest absolute Gasteiger partial charge is 0.369 e. The summed E-state index contributed by atoms with van der Waals surface area (Å²) in [4.78, 5) is 89.5. The molecule has 3 fully saturated rings. The molecule has 298 valence electrons. The maximum atomic E-state index is 15.6. The zero-order valence-electron chi connectivity index (χ0n) is 31.4. The van der Waals surface area contributed by atoms with E-state index in [-0.39, 0.29) is 67.1 Å². The van der Waals surface area contributed by atoms with Crippen LogP contribution >= 0.6 is 11.6 Å². The third-order valence-corrected chi connectivity index (χ3v) is 12.5. The lowest BCUT2D eigenvalue weighted by molar-refractivity contribution is -0.138. The normalized spacial score (nSPS) is 22.6. The molecule has 0 radical (unpaired) electrons. The van der Waals surface area contributed by atoms with Crippen LogP contribution in [-0.2, 0) is 24.6 Å². The number of halogens is 3. The standard InChI is InChI=1S/C40H41ClF2N8O6/c1-3-40(21-45-36-35(40)27(41)8-11-44-36)26-16-23(4-5-28(26)42)50-15-14-49(20-34(50)54)33(53)19-47(2)22-9-12-48(13-10-22)31-18-25-24(17-29(31)43)38(56)51(39(25)57)30-6-7-32(52)46-37(30)55/h4-5,8,11,16-18,22,30H,3,6-7,9-10,12-15,19-21H2,1-2H3,(H,44,45)(H,46,52,55). The first-order valence-corrected chi connectivity index (χ1v) is 19.5. The fourth-order valence-electron chi connectivity index (χ4n) is 8.99. The number of carbonyl (C=O) groups is 6. The first kappa shape index (κ1) is 38.4. The van der Waals surface area contributed by atoms with Crippen molar-refractivity contribution >= 4 is 64.2 Å². The number of carbonyl (C=O) groups excluding carboxylic acids is 6. The van der Waals surface area contributed by atoms with Crippen LogP contribution < -0.4 is 20.4 Å². The van der Waals surface area contributed by atoms with Gasteiger partial charge in [0.25, 0.3) is 11.8 Å². The van der Waals surface area contributed by atoms with Crippen LogP contribution in [-0.4, -0.2) is 120 Å². The Morgan fingerprint density at radius 1 is 0.965 bits per heavy atom. The average molecular weight is 803 g/mol. The van der Waals surface area contributed by atoms with E-state index < -0.39 is 46.7 Å². The highest BCUT2D eigenvalue weighted by Crippen LogP contribution is 2.48. The zero-order valence-corrected chi connectivity index (χ0v) is 32.2. The molecule has 1 aromatic heterocycles. The van der Waals surface area contributed by atoms with Crippen molar-refractivity contribution in [3.63, 3.8) is 0 Å². The smallest absolute Gasteiger partial charge is 0.262 e. The number of fused-ring (bicyclic) bond motifs is 2. The summed E-state index contributed by atoms with van der Waals surface area (Å²) in [6.45, 7) is 3.67. The number of imide groups is 2. The Bertz CT molecular complexity index is 2230. The molecule has 17 heteroatoms. The number of nitrogens with zero attached hydrogens (tertiary/aromatic N) is 6. The minimum atomic E-state index is -1.15. The van der Waals surface area contributed by atoms with E-state index in [0.717, 1.165) is 16.5 Å². The lowest BCUT2D eigenvalue weighted by Gasteiger charge is -2.39. The number of aromatic nitrogens is 1.